The van der Waals surface area contributed by atoms with Crippen LogP contribution in [0.25, 0.3) is 0 Å². The second-order valence-electron chi connectivity index (χ2n) is 6.45. The maximum atomic E-state index is 3.98. The average Bonchev–Trinajstić information content (AvgIpc) is 2.78. The second kappa shape index (κ2) is 6.59. The molecule has 1 saturated carbocycles. The standard InChI is InChI=1S/C18H29/c1-4-6-17-7-5-8-18(17)13-15(3)16-11-9-14(2)10-12-16/h6,9,15-16,18H,1,4-5,7-8,10-13H2,2-3H3. The Balaban J connectivity index is 1.87. The molecule has 1 radical (unpaired) electrons. The normalized spacial score (nSPS) is 32.6. The lowest BCUT2D eigenvalue weighted by Crippen LogP contribution is -2.17. The van der Waals surface area contributed by atoms with Gasteiger partial charge in [0.05, 0.1) is 0 Å². The van der Waals surface area contributed by atoms with Crippen LogP contribution in [-0.2, 0) is 0 Å². The molecule has 2 aliphatic carbocycles. The van der Waals surface area contributed by atoms with Crippen LogP contribution in [0.15, 0.2) is 23.3 Å². The Morgan fingerprint density at radius 1 is 1.39 bits per heavy atom. The Kier molecular flexibility index (Phi) is 5.09. The molecule has 3 atom stereocenters. The Morgan fingerprint density at radius 3 is 2.89 bits per heavy atom. The van der Waals surface area contributed by atoms with Crippen molar-refractivity contribution in [3.63, 3.8) is 0 Å². The number of hydrogen-bond donors (Lipinski definition) is 0. The van der Waals surface area contributed by atoms with Gasteiger partial charge in [-0.3, -0.25) is 0 Å². The highest BCUT2D eigenvalue weighted by Crippen LogP contribution is 2.39. The van der Waals surface area contributed by atoms with E-state index < -0.39 is 0 Å². The van der Waals surface area contributed by atoms with Gasteiger partial charge in [0.15, 0.2) is 0 Å². The van der Waals surface area contributed by atoms with Crippen LogP contribution in [0.3, 0.4) is 0 Å². The van der Waals surface area contributed by atoms with Crippen LogP contribution >= 0.6 is 0 Å². The second-order valence-corrected chi connectivity index (χ2v) is 6.45. The fourth-order valence-electron chi connectivity index (χ4n) is 3.81. The zero-order chi connectivity index (χ0) is 13.0. The van der Waals surface area contributed by atoms with Gasteiger partial charge in [0.1, 0.15) is 0 Å². The van der Waals surface area contributed by atoms with Gasteiger partial charge < -0.3 is 0 Å². The van der Waals surface area contributed by atoms with E-state index in [2.05, 4.69) is 32.9 Å². The van der Waals surface area contributed by atoms with Crippen LogP contribution in [0.4, 0.5) is 0 Å². The van der Waals surface area contributed by atoms with Crippen molar-refractivity contribution < 1.29 is 0 Å². The molecular weight excluding hydrogens is 216 g/mol. The van der Waals surface area contributed by atoms with E-state index in [1.807, 2.05) is 0 Å². The molecule has 0 N–H and O–H groups in total. The molecule has 0 aromatic heterocycles. The van der Waals surface area contributed by atoms with Gasteiger partial charge >= 0.3 is 0 Å². The molecule has 2 aliphatic rings. The first-order chi connectivity index (χ1) is 8.70. The van der Waals surface area contributed by atoms with Crippen molar-refractivity contribution in [2.24, 2.45) is 17.8 Å². The maximum Gasteiger partial charge on any atom is -0.0200 e. The molecule has 0 bridgehead atoms. The zero-order valence-corrected chi connectivity index (χ0v) is 12.3. The van der Waals surface area contributed by atoms with Crippen molar-refractivity contribution >= 4 is 0 Å². The van der Waals surface area contributed by atoms with E-state index in [1.54, 1.807) is 11.1 Å². The van der Waals surface area contributed by atoms with E-state index >= 15 is 0 Å². The summed E-state index contributed by atoms with van der Waals surface area (Å²) in [7, 11) is 0. The minimum absolute atomic E-state index is 0.883. The van der Waals surface area contributed by atoms with Gasteiger partial charge in [-0.1, -0.05) is 30.2 Å². The highest BCUT2D eigenvalue weighted by Gasteiger charge is 2.26. The summed E-state index contributed by atoms with van der Waals surface area (Å²) in [5.74, 6) is 2.72. The van der Waals surface area contributed by atoms with Crippen molar-refractivity contribution in [1.82, 2.24) is 0 Å². The zero-order valence-electron chi connectivity index (χ0n) is 12.3. The number of rotatable bonds is 4. The summed E-state index contributed by atoms with van der Waals surface area (Å²) in [6.07, 6.45) is 15.5. The van der Waals surface area contributed by atoms with Crippen LogP contribution in [0.5, 0.6) is 0 Å². The predicted molar refractivity (Wildman–Crippen MR) is 80.3 cm³/mol. The Labute approximate surface area is 114 Å². The molecule has 0 aromatic rings. The molecule has 0 amide bonds. The minimum atomic E-state index is 0.883. The monoisotopic (exact) mass is 245 g/mol. The van der Waals surface area contributed by atoms with E-state index in [0.29, 0.717) is 0 Å². The molecule has 0 saturated heterocycles. The van der Waals surface area contributed by atoms with Crippen molar-refractivity contribution in [2.75, 3.05) is 0 Å². The Morgan fingerprint density at radius 2 is 2.22 bits per heavy atom. The Bertz CT molecular complexity index is 321. The molecular formula is C18H29. The lowest BCUT2D eigenvalue weighted by Gasteiger charge is -2.29. The predicted octanol–water partition coefficient (Wildman–Crippen LogP) is 5.71. The molecule has 0 heteroatoms. The maximum absolute atomic E-state index is 3.98. The van der Waals surface area contributed by atoms with E-state index in [-0.39, 0.29) is 0 Å². The third kappa shape index (κ3) is 3.49. The third-order valence-corrected chi connectivity index (χ3v) is 5.09. The molecule has 2 rings (SSSR count). The summed E-state index contributed by atoms with van der Waals surface area (Å²) in [5, 5.41) is 0. The van der Waals surface area contributed by atoms with Crippen LogP contribution < -0.4 is 0 Å². The van der Waals surface area contributed by atoms with E-state index in [4.69, 9.17) is 0 Å². The fraction of sp³-hybridized carbons (Fsp3) is 0.722. The molecule has 0 heterocycles. The van der Waals surface area contributed by atoms with Crippen molar-refractivity contribution in [3.8, 4) is 0 Å². The smallest absolute Gasteiger partial charge is 0.0200 e. The molecule has 0 aliphatic heterocycles. The van der Waals surface area contributed by atoms with Gasteiger partial charge in [-0.05, 0) is 83.0 Å². The average molecular weight is 245 g/mol. The lowest BCUT2D eigenvalue weighted by atomic mass is 9.77. The molecule has 3 unspecified atom stereocenters. The summed E-state index contributed by atoms with van der Waals surface area (Å²) in [6, 6.07) is 0. The SMILES string of the molecule is [CH2]CC=C1CCCC1CC(C)C1CC=C(C)CC1. The first-order valence-corrected chi connectivity index (χ1v) is 7.84. The van der Waals surface area contributed by atoms with Gasteiger partial charge in [0.2, 0.25) is 0 Å². The van der Waals surface area contributed by atoms with E-state index in [1.165, 1.54) is 44.9 Å². The fourth-order valence-corrected chi connectivity index (χ4v) is 3.81. The summed E-state index contributed by atoms with van der Waals surface area (Å²) in [4.78, 5) is 0. The highest BCUT2D eigenvalue weighted by atomic mass is 14.3. The van der Waals surface area contributed by atoms with Crippen molar-refractivity contribution in [3.05, 3.63) is 30.2 Å². The third-order valence-electron chi connectivity index (χ3n) is 5.09. The molecule has 0 aromatic carbocycles. The van der Waals surface area contributed by atoms with Gasteiger partial charge in [-0.25, -0.2) is 0 Å². The molecule has 1 fully saturated rings. The molecule has 18 heavy (non-hydrogen) atoms. The summed E-state index contributed by atoms with van der Waals surface area (Å²) in [5.41, 5.74) is 3.33. The van der Waals surface area contributed by atoms with Crippen LogP contribution in [-0.4, -0.2) is 0 Å². The molecule has 0 nitrogen and oxygen atoms in total. The van der Waals surface area contributed by atoms with Crippen molar-refractivity contribution in [1.29, 1.82) is 0 Å². The largest absolute Gasteiger partial charge is 0.0853 e. The quantitative estimate of drug-likeness (QED) is 0.556. The van der Waals surface area contributed by atoms with E-state index in [0.717, 1.165) is 24.2 Å². The topological polar surface area (TPSA) is 0 Å². The molecule has 0 spiro atoms. The number of hydrogen-bond acceptors (Lipinski definition) is 0. The van der Waals surface area contributed by atoms with Crippen LogP contribution in [0.2, 0.25) is 0 Å². The molecule has 101 valence electrons. The number of allylic oxidation sites excluding steroid dienone is 4. The highest BCUT2D eigenvalue weighted by molar-refractivity contribution is 5.12. The van der Waals surface area contributed by atoms with Crippen LogP contribution in [0, 0.1) is 24.7 Å². The first kappa shape index (κ1) is 13.9. The van der Waals surface area contributed by atoms with Gasteiger partial charge in [-0.2, -0.15) is 0 Å². The summed E-state index contributed by atoms with van der Waals surface area (Å²) < 4.78 is 0. The lowest BCUT2D eigenvalue weighted by molar-refractivity contribution is 0.282. The Hall–Kier alpha value is -0.520. The van der Waals surface area contributed by atoms with Crippen LogP contribution in [0.1, 0.15) is 65.2 Å². The summed E-state index contributed by atoms with van der Waals surface area (Å²) >= 11 is 0. The first-order valence-electron chi connectivity index (χ1n) is 7.84. The van der Waals surface area contributed by atoms with Gasteiger partial charge in [-0.15, -0.1) is 0 Å². The van der Waals surface area contributed by atoms with Gasteiger partial charge in [0.25, 0.3) is 0 Å². The summed E-state index contributed by atoms with van der Waals surface area (Å²) in [6.45, 7) is 8.75. The minimum Gasteiger partial charge on any atom is -0.0853 e. The van der Waals surface area contributed by atoms with Gasteiger partial charge in [0, 0.05) is 0 Å². The van der Waals surface area contributed by atoms with E-state index in [9.17, 15) is 0 Å². The van der Waals surface area contributed by atoms with Crippen molar-refractivity contribution in [2.45, 2.75) is 65.2 Å².